The van der Waals surface area contributed by atoms with Crippen molar-refractivity contribution in [2.75, 3.05) is 6.54 Å². The van der Waals surface area contributed by atoms with Gasteiger partial charge in [0.2, 0.25) is 0 Å². The third kappa shape index (κ3) is 3.67. The summed E-state index contributed by atoms with van der Waals surface area (Å²) < 4.78 is 0. The molecule has 1 aromatic carbocycles. The predicted molar refractivity (Wildman–Crippen MR) is 67.1 cm³/mol. The molecule has 1 N–H and O–H groups in total. The van der Waals surface area contributed by atoms with E-state index in [1.54, 1.807) is 0 Å². The van der Waals surface area contributed by atoms with E-state index >= 15 is 0 Å². The first kappa shape index (κ1) is 12.3. The van der Waals surface area contributed by atoms with Crippen LogP contribution in [0.3, 0.4) is 0 Å². The van der Waals surface area contributed by atoms with Gasteiger partial charge in [0.25, 0.3) is 0 Å². The van der Waals surface area contributed by atoms with Gasteiger partial charge in [-0.15, -0.1) is 0 Å². The molecule has 84 valence electrons. The Hall–Kier alpha value is -0.820. The van der Waals surface area contributed by atoms with Gasteiger partial charge in [0.15, 0.2) is 0 Å². The Morgan fingerprint density at radius 1 is 1.20 bits per heavy atom. The monoisotopic (exact) mass is 205 g/mol. The maximum atomic E-state index is 3.59. The lowest BCUT2D eigenvalue weighted by molar-refractivity contribution is 0.460. The molecular formula is C14H23N. The number of benzene rings is 1. The van der Waals surface area contributed by atoms with Crippen LogP contribution in [0.2, 0.25) is 0 Å². The molecule has 0 aromatic heterocycles. The number of rotatable bonds is 5. The SMILES string of the molecule is CCC(C)CNC(C)c1ccccc1C. The molecule has 1 aromatic rings. The second-order valence-electron chi connectivity index (χ2n) is 4.50. The van der Waals surface area contributed by atoms with Crippen molar-refractivity contribution in [2.24, 2.45) is 5.92 Å². The molecule has 0 aliphatic carbocycles. The summed E-state index contributed by atoms with van der Waals surface area (Å²) in [7, 11) is 0. The van der Waals surface area contributed by atoms with Gasteiger partial charge in [0, 0.05) is 6.04 Å². The van der Waals surface area contributed by atoms with Crippen molar-refractivity contribution in [3.63, 3.8) is 0 Å². The number of hydrogen-bond acceptors (Lipinski definition) is 1. The van der Waals surface area contributed by atoms with E-state index < -0.39 is 0 Å². The van der Waals surface area contributed by atoms with E-state index in [9.17, 15) is 0 Å². The van der Waals surface area contributed by atoms with Crippen LogP contribution in [0.1, 0.15) is 44.4 Å². The van der Waals surface area contributed by atoms with Gasteiger partial charge in [-0.05, 0) is 37.4 Å². The summed E-state index contributed by atoms with van der Waals surface area (Å²) in [4.78, 5) is 0. The van der Waals surface area contributed by atoms with E-state index in [-0.39, 0.29) is 0 Å². The van der Waals surface area contributed by atoms with Crippen molar-refractivity contribution in [3.8, 4) is 0 Å². The molecule has 0 saturated heterocycles. The van der Waals surface area contributed by atoms with E-state index in [2.05, 4.69) is 57.3 Å². The van der Waals surface area contributed by atoms with Crippen LogP contribution in [0, 0.1) is 12.8 Å². The average Bonchev–Trinajstić information content (AvgIpc) is 2.26. The fourth-order valence-electron chi connectivity index (χ4n) is 1.70. The highest BCUT2D eigenvalue weighted by Crippen LogP contribution is 2.16. The van der Waals surface area contributed by atoms with Crippen LogP contribution in [-0.4, -0.2) is 6.54 Å². The lowest BCUT2D eigenvalue weighted by Gasteiger charge is -2.18. The molecule has 0 heterocycles. The summed E-state index contributed by atoms with van der Waals surface area (Å²) in [5.74, 6) is 0.761. The summed E-state index contributed by atoms with van der Waals surface area (Å²) in [6.45, 7) is 10.1. The van der Waals surface area contributed by atoms with Gasteiger partial charge in [-0.25, -0.2) is 0 Å². The minimum absolute atomic E-state index is 0.459. The molecule has 0 radical (unpaired) electrons. The molecule has 0 bridgehead atoms. The Morgan fingerprint density at radius 2 is 1.87 bits per heavy atom. The smallest absolute Gasteiger partial charge is 0.0294 e. The lowest BCUT2D eigenvalue weighted by atomic mass is 10.0. The first-order valence-electron chi connectivity index (χ1n) is 5.94. The minimum atomic E-state index is 0.459. The van der Waals surface area contributed by atoms with Crippen LogP contribution in [0.5, 0.6) is 0 Å². The molecule has 0 spiro atoms. The largest absolute Gasteiger partial charge is 0.310 e. The summed E-state index contributed by atoms with van der Waals surface area (Å²) >= 11 is 0. The average molecular weight is 205 g/mol. The highest BCUT2D eigenvalue weighted by Gasteiger charge is 2.07. The van der Waals surface area contributed by atoms with Crippen molar-refractivity contribution < 1.29 is 0 Å². The molecule has 1 heteroatoms. The van der Waals surface area contributed by atoms with Crippen molar-refractivity contribution in [1.82, 2.24) is 5.32 Å². The summed E-state index contributed by atoms with van der Waals surface area (Å²) in [6.07, 6.45) is 1.24. The van der Waals surface area contributed by atoms with E-state index in [0.717, 1.165) is 12.5 Å². The second-order valence-corrected chi connectivity index (χ2v) is 4.50. The maximum absolute atomic E-state index is 3.59. The predicted octanol–water partition coefficient (Wildman–Crippen LogP) is 3.69. The van der Waals surface area contributed by atoms with Crippen LogP contribution >= 0.6 is 0 Å². The topological polar surface area (TPSA) is 12.0 Å². The number of aryl methyl sites for hydroxylation is 1. The fourth-order valence-corrected chi connectivity index (χ4v) is 1.70. The van der Waals surface area contributed by atoms with Crippen molar-refractivity contribution >= 4 is 0 Å². The minimum Gasteiger partial charge on any atom is -0.310 e. The fraction of sp³-hybridized carbons (Fsp3) is 0.571. The number of hydrogen-bond donors (Lipinski definition) is 1. The van der Waals surface area contributed by atoms with Gasteiger partial charge in [-0.3, -0.25) is 0 Å². The van der Waals surface area contributed by atoms with Gasteiger partial charge in [-0.2, -0.15) is 0 Å². The zero-order valence-electron chi connectivity index (χ0n) is 10.4. The molecule has 1 nitrogen and oxygen atoms in total. The van der Waals surface area contributed by atoms with Crippen LogP contribution in [0.25, 0.3) is 0 Å². The van der Waals surface area contributed by atoms with Crippen molar-refractivity contribution in [1.29, 1.82) is 0 Å². The van der Waals surface area contributed by atoms with E-state index in [0.29, 0.717) is 6.04 Å². The second kappa shape index (κ2) is 5.92. The Kier molecular flexibility index (Phi) is 4.83. The Bertz CT molecular complexity index is 293. The quantitative estimate of drug-likeness (QED) is 0.773. The van der Waals surface area contributed by atoms with Crippen LogP contribution in [0.15, 0.2) is 24.3 Å². The molecule has 0 aliphatic heterocycles. The summed E-state index contributed by atoms with van der Waals surface area (Å²) in [5.41, 5.74) is 2.79. The molecule has 0 fully saturated rings. The standard InChI is InChI=1S/C14H23N/c1-5-11(2)10-15-13(4)14-9-7-6-8-12(14)3/h6-9,11,13,15H,5,10H2,1-4H3. The zero-order valence-corrected chi connectivity index (χ0v) is 10.4. The third-order valence-corrected chi connectivity index (χ3v) is 3.12. The molecule has 1 rings (SSSR count). The highest BCUT2D eigenvalue weighted by atomic mass is 14.9. The first-order valence-corrected chi connectivity index (χ1v) is 5.94. The molecular weight excluding hydrogens is 182 g/mol. The normalized spacial score (nSPS) is 14.9. The molecule has 0 amide bonds. The van der Waals surface area contributed by atoms with Gasteiger partial charge in [0.05, 0.1) is 0 Å². The van der Waals surface area contributed by atoms with Gasteiger partial charge in [0.1, 0.15) is 0 Å². The van der Waals surface area contributed by atoms with Crippen LogP contribution in [0.4, 0.5) is 0 Å². The van der Waals surface area contributed by atoms with Crippen LogP contribution in [-0.2, 0) is 0 Å². The Labute approximate surface area is 93.9 Å². The van der Waals surface area contributed by atoms with E-state index in [4.69, 9.17) is 0 Å². The van der Waals surface area contributed by atoms with Gasteiger partial charge in [-0.1, -0.05) is 44.5 Å². The maximum Gasteiger partial charge on any atom is 0.0294 e. The molecule has 0 aliphatic rings. The van der Waals surface area contributed by atoms with Gasteiger partial charge < -0.3 is 5.32 Å². The molecule has 2 unspecified atom stereocenters. The Morgan fingerprint density at radius 3 is 2.47 bits per heavy atom. The summed E-state index contributed by atoms with van der Waals surface area (Å²) in [5, 5.41) is 3.59. The Balaban J connectivity index is 2.54. The molecule has 2 atom stereocenters. The molecule has 15 heavy (non-hydrogen) atoms. The zero-order chi connectivity index (χ0) is 11.3. The van der Waals surface area contributed by atoms with E-state index in [1.807, 2.05) is 0 Å². The van der Waals surface area contributed by atoms with Crippen molar-refractivity contribution in [2.45, 2.75) is 40.2 Å². The highest BCUT2D eigenvalue weighted by molar-refractivity contribution is 5.28. The van der Waals surface area contributed by atoms with Gasteiger partial charge >= 0.3 is 0 Å². The van der Waals surface area contributed by atoms with E-state index in [1.165, 1.54) is 17.5 Å². The lowest BCUT2D eigenvalue weighted by Crippen LogP contribution is -2.24. The van der Waals surface area contributed by atoms with Crippen molar-refractivity contribution in [3.05, 3.63) is 35.4 Å². The third-order valence-electron chi connectivity index (χ3n) is 3.12. The van der Waals surface area contributed by atoms with Crippen LogP contribution < -0.4 is 5.32 Å². The number of nitrogens with one attached hydrogen (secondary N) is 1. The summed E-state index contributed by atoms with van der Waals surface area (Å²) in [6, 6.07) is 9.06. The molecule has 0 saturated carbocycles. The first-order chi connectivity index (χ1) is 7.15.